The van der Waals surface area contributed by atoms with Crippen molar-refractivity contribution >= 4 is 141 Å². The fourth-order valence-corrected chi connectivity index (χ4v) is 12.0. The van der Waals surface area contributed by atoms with Crippen LogP contribution in [-0.2, 0) is 80.0 Å². The van der Waals surface area contributed by atoms with E-state index in [2.05, 4.69) is 54.2 Å². The molecule has 0 saturated heterocycles. The fourth-order valence-electron chi connectivity index (χ4n) is 6.10. The molecule has 6 aromatic rings. The summed E-state index contributed by atoms with van der Waals surface area (Å²) >= 11 is -2.31. The highest BCUT2D eigenvalue weighted by molar-refractivity contribution is 7.94. The first kappa shape index (κ1) is 56.6. The molecular formula is C36H32N10O21S7. The van der Waals surface area contributed by atoms with Crippen LogP contribution in [0.2, 0.25) is 0 Å². The molecule has 0 fully saturated rings. The van der Waals surface area contributed by atoms with Crippen molar-refractivity contribution in [3.8, 4) is 5.75 Å². The maximum absolute atomic E-state index is 13.3. The zero-order valence-corrected chi connectivity index (χ0v) is 41.9. The molecule has 1 atom stereocenters. The van der Waals surface area contributed by atoms with E-state index in [4.69, 9.17) is 27.7 Å². The molecule has 0 saturated carbocycles. The Morgan fingerprint density at radius 3 is 1.76 bits per heavy atom. The lowest BCUT2D eigenvalue weighted by atomic mass is 10.1. The number of phenolic OH excluding ortho intramolecular Hbond substituents is 1. The summed E-state index contributed by atoms with van der Waals surface area (Å²) < 4.78 is 177. The fraction of sp³-hybridized carbons (Fsp3) is 0.0556. The number of sulfone groups is 1. The zero-order chi connectivity index (χ0) is 54.6. The summed E-state index contributed by atoms with van der Waals surface area (Å²) in [5.74, 6) is -2.78. The van der Waals surface area contributed by atoms with Crippen molar-refractivity contribution in [3.05, 3.63) is 91.0 Å². The minimum absolute atomic E-state index is 0.0448. The number of fused-ring (bicyclic) bond motifs is 1. The molecule has 6 aromatic carbocycles. The lowest BCUT2D eigenvalue weighted by molar-refractivity contribution is -0.434. The number of hydrogen-bond donors (Lipinski definition) is 10. The van der Waals surface area contributed by atoms with Gasteiger partial charge < -0.3 is 22.3 Å². The van der Waals surface area contributed by atoms with E-state index in [9.17, 15) is 65.1 Å². The summed E-state index contributed by atoms with van der Waals surface area (Å²) in [6.45, 7) is 0. The molecular weight excluding hydrogens is 1130 g/mol. The minimum atomic E-state index is -5.30. The third-order valence-electron chi connectivity index (χ3n) is 9.44. The van der Waals surface area contributed by atoms with Crippen LogP contribution < -0.4 is 21.9 Å². The molecule has 0 aromatic heterocycles. The molecule has 38 heteroatoms. The Kier molecular flexibility index (Phi) is 17.1. The second-order valence-corrected chi connectivity index (χ2v) is 24.1. The molecule has 0 aliphatic carbocycles. The Balaban J connectivity index is 1.29. The average molecular weight is 1170 g/mol. The quantitative estimate of drug-likeness (QED) is 0.00934. The largest absolute Gasteiger partial charge is 0.505 e. The van der Waals surface area contributed by atoms with Crippen molar-refractivity contribution < 1.29 is 94.3 Å². The van der Waals surface area contributed by atoms with Gasteiger partial charge in [-0.3, -0.25) is 18.4 Å². The number of nitrogens with two attached hydrogens (primary N) is 3. The lowest BCUT2D eigenvalue weighted by Gasteiger charge is -2.14. The highest BCUT2D eigenvalue weighted by Gasteiger charge is 2.28. The number of anilines is 4. The molecule has 394 valence electrons. The number of benzene rings is 6. The Labute approximate surface area is 423 Å². The standard InChI is InChI=1S/C36H32N10O21S7/c37-24-16-25(38)29(72(55,56)57)17-27(24)43-40-19-1-3-21(4-2-19)46-71(53,54)22-7-5-20(6-8-22)41-45-35-31(74(61,62)63)14-18-13-28(68-66-64-48)34(33(39)32(18)36(35)47)44-42-26-10-9-23(15-30(26)73(58,59)60)70(51,52)12-11-69(50)67-65-49/h1-10,13-17,46-49H,11-12,37-39H2,(H,55,56,57)(H,58,59,60)(H,61,62,63)/b43-40+,44-42+,45-41+. The third-order valence-corrected chi connectivity index (χ3v) is 16.8. The van der Waals surface area contributed by atoms with Gasteiger partial charge in [0.05, 0.1) is 72.1 Å². The van der Waals surface area contributed by atoms with E-state index in [1.54, 1.807) is 0 Å². The van der Waals surface area contributed by atoms with E-state index in [0.29, 0.717) is 6.07 Å². The Morgan fingerprint density at radius 2 is 1.16 bits per heavy atom. The molecule has 0 heterocycles. The SMILES string of the molecule is Nc1cc(N)c(S(=O)(=O)O)cc1/N=N/c1ccc(NS(=O)(=O)c2ccc(/N=N/c3c(S(=O)(=O)O)cc4cc(SOOO)c(/N=N/c5ccc(S(=O)(=O)CCS(=O)OOO)cc5S(=O)(=O)O)c(N)c4c3O)cc2)cc1. The second kappa shape index (κ2) is 22.4. The number of nitrogen functional groups attached to an aromatic ring is 3. The number of azo groups is 3. The van der Waals surface area contributed by atoms with Crippen LogP contribution in [0.15, 0.2) is 151 Å². The number of rotatable bonds is 21. The normalized spacial score (nSPS) is 13.4. The van der Waals surface area contributed by atoms with E-state index < -0.39 is 126 Å². The first-order valence-electron chi connectivity index (χ1n) is 19.1. The van der Waals surface area contributed by atoms with E-state index in [0.717, 1.165) is 60.7 Å². The summed E-state index contributed by atoms with van der Waals surface area (Å²) in [5, 5.41) is 57.7. The summed E-state index contributed by atoms with van der Waals surface area (Å²) in [4.78, 5) is -4.20. The van der Waals surface area contributed by atoms with Gasteiger partial charge in [0.1, 0.15) is 37.4 Å². The van der Waals surface area contributed by atoms with Gasteiger partial charge >= 0.3 is 0 Å². The lowest BCUT2D eigenvalue weighted by Crippen LogP contribution is -2.15. The Morgan fingerprint density at radius 1 is 0.595 bits per heavy atom. The summed E-state index contributed by atoms with van der Waals surface area (Å²) in [5.41, 5.74) is 14.5. The maximum atomic E-state index is 13.3. The molecule has 13 N–H and O–H groups in total. The van der Waals surface area contributed by atoms with Crippen LogP contribution in [0.1, 0.15) is 0 Å². The molecule has 6 rings (SSSR count). The van der Waals surface area contributed by atoms with E-state index in [-0.39, 0.29) is 61.3 Å². The molecule has 0 aliphatic heterocycles. The van der Waals surface area contributed by atoms with Crippen LogP contribution in [0.3, 0.4) is 0 Å². The van der Waals surface area contributed by atoms with Gasteiger partial charge in [-0.15, -0.1) is 29.1 Å². The summed E-state index contributed by atoms with van der Waals surface area (Å²) in [6, 6.07) is 15.5. The molecule has 0 aliphatic rings. The highest BCUT2D eigenvalue weighted by atomic mass is 32.2. The van der Waals surface area contributed by atoms with Crippen molar-refractivity contribution in [1.29, 1.82) is 0 Å². The van der Waals surface area contributed by atoms with E-state index in [1.165, 1.54) is 24.3 Å². The number of phenols is 1. The number of aromatic hydroxyl groups is 1. The van der Waals surface area contributed by atoms with Gasteiger partial charge in [0.25, 0.3) is 40.4 Å². The smallest absolute Gasteiger partial charge is 0.296 e. The molecule has 74 heavy (non-hydrogen) atoms. The van der Waals surface area contributed by atoms with Crippen molar-refractivity contribution in [2.45, 2.75) is 29.4 Å². The van der Waals surface area contributed by atoms with Crippen LogP contribution >= 0.6 is 12.0 Å². The van der Waals surface area contributed by atoms with Crippen molar-refractivity contribution in [3.63, 3.8) is 0 Å². The number of nitrogens with zero attached hydrogens (tertiary/aromatic N) is 6. The first-order chi connectivity index (χ1) is 34.5. The van der Waals surface area contributed by atoms with Gasteiger partial charge in [0, 0.05) is 5.69 Å². The second-order valence-electron chi connectivity index (χ2n) is 14.3. The monoisotopic (exact) mass is 1160 g/mol. The van der Waals surface area contributed by atoms with Crippen LogP contribution in [0.25, 0.3) is 10.8 Å². The van der Waals surface area contributed by atoms with Gasteiger partial charge in [-0.2, -0.15) is 35.5 Å². The molecule has 31 nitrogen and oxygen atoms in total. The van der Waals surface area contributed by atoms with Crippen LogP contribution in [0.5, 0.6) is 5.75 Å². The average Bonchev–Trinajstić information content (AvgIpc) is 3.31. The number of sulfonamides is 1. The van der Waals surface area contributed by atoms with Crippen LogP contribution in [-0.4, -0.2) is 87.1 Å². The predicted molar refractivity (Wildman–Crippen MR) is 258 cm³/mol. The Bertz CT molecular complexity index is 3890. The van der Waals surface area contributed by atoms with Gasteiger partial charge in [-0.05, 0) is 96.4 Å². The molecule has 0 radical (unpaired) electrons. The van der Waals surface area contributed by atoms with Crippen molar-refractivity contribution in [2.75, 3.05) is 33.4 Å². The number of hydrogen-bond acceptors (Lipinski definition) is 28. The maximum Gasteiger partial charge on any atom is 0.296 e. The van der Waals surface area contributed by atoms with Gasteiger partial charge in [0.2, 0.25) is 0 Å². The zero-order valence-electron chi connectivity index (χ0n) is 36.2. The summed E-state index contributed by atoms with van der Waals surface area (Å²) in [7, 11) is -24.0. The van der Waals surface area contributed by atoms with Crippen LogP contribution in [0.4, 0.5) is 56.9 Å². The minimum Gasteiger partial charge on any atom is -0.505 e. The molecule has 0 bridgehead atoms. The highest BCUT2D eigenvalue weighted by Crippen LogP contribution is 2.50. The van der Waals surface area contributed by atoms with Crippen LogP contribution in [0, 0.1) is 0 Å². The topological polar surface area (TPSA) is 510 Å². The first-order valence-corrected chi connectivity index (χ1v) is 28.6. The van der Waals surface area contributed by atoms with Crippen molar-refractivity contribution in [2.24, 2.45) is 30.7 Å². The van der Waals surface area contributed by atoms with E-state index >= 15 is 0 Å². The Hall–Kier alpha value is -6.73. The predicted octanol–water partition coefficient (Wildman–Crippen LogP) is 6.37. The van der Waals surface area contributed by atoms with E-state index in [1.807, 2.05) is 0 Å². The molecule has 0 amide bonds. The molecule has 1 unspecified atom stereocenters. The summed E-state index contributed by atoms with van der Waals surface area (Å²) in [6.07, 6.45) is 0. The van der Waals surface area contributed by atoms with Gasteiger partial charge in [-0.25, -0.2) is 31.6 Å². The van der Waals surface area contributed by atoms with Crippen molar-refractivity contribution in [1.82, 2.24) is 0 Å². The van der Waals surface area contributed by atoms with Gasteiger partial charge in [0.15, 0.2) is 26.7 Å². The number of nitrogens with one attached hydrogen (secondary N) is 1. The van der Waals surface area contributed by atoms with Gasteiger partial charge in [-0.1, -0.05) is 10.1 Å². The molecule has 0 spiro atoms. The third kappa shape index (κ3) is 13.5.